The van der Waals surface area contributed by atoms with Gasteiger partial charge in [0.15, 0.2) is 17.8 Å². The molecule has 2 rings (SSSR count). The van der Waals surface area contributed by atoms with Crippen LogP contribution in [0.2, 0.25) is 0 Å². The van der Waals surface area contributed by atoms with Crippen molar-refractivity contribution in [2.75, 3.05) is 26.2 Å². The molecule has 0 spiro atoms. The van der Waals surface area contributed by atoms with Gasteiger partial charge in [-0.3, -0.25) is 19.8 Å². The average molecular weight is 464 g/mol. The smallest absolute Gasteiger partial charge is 0.407 e. The van der Waals surface area contributed by atoms with Gasteiger partial charge in [0.2, 0.25) is 11.8 Å². The molecule has 0 aliphatic carbocycles. The van der Waals surface area contributed by atoms with E-state index in [1.165, 1.54) is 0 Å². The van der Waals surface area contributed by atoms with Gasteiger partial charge in [-0.1, -0.05) is 30.3 Å². The van der Waals surface area contributed by atoms with Crippen molar-refractivity contribution in [2.45, 2.75) is 31.6 Å². The molecule has 1 aromatic rings. The van der Waals surface area contributed by atoms with E-state index in [0.29, 0.717) is 13.0 Å². The fourth-order valence-corrected chi connectivity index (χ4v) is 2.72. The summed E-state index contributed by atoms with van der Waals surface area (Å²) in [5.41, 5.74) is 6.01. The minimum atomic E-state index is -0.858. The van der Waals surface area contributed by atoms with Gasteiger partial charge in [0.05, 0.1) is 12.6 Å². The summed E-state index contributed by atoms with van der Waals surface area (Å²) < 4.78 is 4.99. The number of hydrogen-bond acceptors (Lipinski definition) is 8. The van der Waals surface area contributed by atoms with Gasteiger partial charge in [0.1, 0.15) is 19.8 Å². The first-order chi connectivity index (χ1) is 15.8. The normalized spacial score (nSPS) is 15.3. The lowest BCUT2D eigenvalue weighted by Crippen LogP contribution is -2.53. The quantitative estimate of drug-likeness (QED) is 0.0888. The first-order valence-electron chi connectivity index (χ1n) is 10.3. The van der Waals surface area contributed by atoms with Crippen molar-refractivity contribution in [2.24, 2.45) is 5.73 Å². The molecule has 1 aliphatic rings. The van der Waals surface area contributed by atoms with Crippen molar-refractivity contribution < 1.29 is 33.7 Å². The molecule has 33 heavy (non-hydrogen) atoms. The number of hydrogen-bond donors (Lipinski definition) is 6. The van der Waals surface area contributed by atoms with E-state index in [1.54, 1.807) is 12.1 Å². The average Bonchev–Trinajstić information content (AvgIpc) is 2.76. The van der Waals surface area contributed by atoms with Crippen LogP contribution in [0.3, 0.4) is 0 Å². The van der Waals surface area contributed by atoms with Crippen LogP contribution in [0.25, 0.3) is 0 Å². The molecule has 1 saturated heterocycles. The number of rotatable bonds is 13. The highest BCUT2D eigenvalue weighted by molar-refractivity contribution is 5.94. The predicted octanol–water partition coefficient (Wildman–Crippen LogP) is -1.32. The second-order valence-electron chi connectivity index (χ2n) is 7.07. The molecule has 0 aromatic heterocycles. The van der Waals surface area contributed by atoms with Crippen molar-refractivity contribution in [1.82, 2.24) is 21.3 Å². The molecule has 7 N–H and O–H groups in total. The number of ketones is 1. The zero-order valence-corrected chi connectivity index (χ0v) is 17.9. The Kier molecular flexibility index (Phi) is 10.6. The number of nitrogens with two attached hydrogens (primary N) is 1. The molecule has 0 saturated carbocycles. The molecule has 1 fully saturated rings. The first kappa shape index (κ1) is 25.5. The van der Waals surface area contributed by atoms with E-state index in [1.807, 2.05) is 18.2 Å². The standard InChI is InChI=1S/C20H28N6O7/c21-19(22)23-8-4-7-14(18(29)15-12-32-33-15)26-17(28)10-24-16(27)9-25-20(30)31-11-13-5-2-1-3-6-13/h1-3,5-6,14-15H,4,7-12H2,(H,24,27)(H,25,30)(H,26,28)(H4,21,22,23)/t14-,15?/m0/s1. The molecule has 1 aliphatic heterocycles. The van der Waals surface area contributed by atoms with Crippen LogP contribution in [-0.4, -0.2) is 68.0 Å². The molecule has 3 amide bonds. The molecule has 180 valence electrons. The Hall–Kier alpha value is -3.71. The number of alkyl carbamates (subject to hydrolysis) is 1. The molecular formula is C20H28N6O7. The van der Waals surface area contributed by atoms with E-state index in [-0.39, 0.29) is 37.9 Å². The maximum absolute atomic E-state index is 12.4. The van der Waals surface area contributed by atoms with Crippen molar-refractivity contribution in [1.29, 1.82) is 5.41 Å². The maximum Gasteiger partial charge on any atom is 0.407 e. The van der Waals surface area contributed by atoms with Gasteiger partial charge in [-0.05, 0) is 18.4 Å². The van der Waals surface area contributed by atoms with Gasteiger partial charge in [-0.15, -0.1) is 0 Å². The van der Waals surface area contributed by atoms with Gasteiger partial charge < -0.3 is 31.7 Å². The van der Waals surface area contributed by atoms with E-state index in [0.717, 1.165) is 5.56 Å². The Labute approximate surface area is 190 Å². The monoisotopic (exact) mass is 464 g/mol. The van der Waals surface area contributed by atoms with Crippen molar-refractivity contribution in [3.63, 3.8) is 0 Å². The van der Waals surface area contributed by atoms with Gasteiger partial charge in [0, 0.05) is 6.54 Å². The third-order valence-electron chi connectivity index (χ3n) is 4.44. The van der Waals surface area contributed by atoms with E-state index in [9.17, 15) is 19.2 Å². The molecule has 1 aromatic carbocycles. The van der Waals surface area contributed by atoms with E-state index in [4.69, 9.17) is 20.8 Å². The third kappa shape index (κ3) is 9.97. The zero-order valence-electron chi connectivity index (χ0n) is 17.9. The summed E-state index contributed by atoms with van der Waals surface area (Å²) >= 11 is 0. The summed E-state index contributed by atoms with van der Waals surface area (Å²) in [6.07, 6.45) is -0.818. The summed E-state index contributed by atoms with van der Waals surface area (Å²) in [5.74, 6) is -1.75. The minimum absolute atomic E-state index is 0.0593. The second kappa shape index (κ2) is 13.6. The van der Waals surface area contributed by atoms with Crippen LogP contribution >= 0.6 is 0 Å². The first-order valence-corrected chi connectivity index (χ1v) is 10.3. The van der Waals surface area contributed by atoms with E-state index in [2.05, 4.69) is 26.2 Å². The molecule has 13 heteroatoms. The van der Waals surface area contributed by atoms with Gasteiger partial charge >= 0.3 is 6.09 Å². The fraction of sp³-hybridized carbons (Fsp3) is 0.450. The number of nitrogens with one attached hydrogen (secondary N) is 5. The Bertz CT molecular complexity index is 831. The highest BCUT2D eigenvalue weighted by Gasteiger charge is 2.34. The van der Waals surface area contributed by atoms with Gasteiger partial charge in [-0.2, -0.15) is 0 Å². The molecule has 1 unspecified atom stereocenters. The molecule has 2 atom stereocenters. The molecule has 1 heterocycles. The lowest BCUT2D eigenvalue weighted by Gasteiger charge is -2.27. The number of benzene rings is 1. The lowest BCUT2D eigenvalue weighted by molar-refractivity contribution is -0.410. The third-order valence-corrected chi connectivity index (χ3v) is 4.44. The van der Waals surface area contributed by atoms with Crippen molar-refractivity contribution in [3.8, 4) is 0 Å². The predicted molar refractivity (Wildman–Crippen MR) is 115 cm³/mol. The number of Topliss-reactive ketones (excluding diaryl/α,β-unsaturated/α-hetero) is 1. The highest BCUT2D eigenvalue weighted by atomic mass is 17.2. The second-order valence-corrected chi connectivity index (χ2v) is 7.07. The minimum Gasteiger partial charge on any atom is -0.445 e. The number of amides is 3. The van der Waals surface area contributed by atoms with E-state index < -0.39 is 36.6 Å². The number of carbonyl (C=O) groups is 4. The molecular weight excluding hydrogens is 436 g/mol. The maximum atomic E-state index is 12.4. The fourth-order valence-electron chi connectivity index (χ4n) is 2.72. The zero-order chi connectivity index (χ0) is 24.1. The topological polar surface area (TPSA) is 194 Å². The molecule has 13 nitrogen and oxygen atoms in total. The Morgan fingerprint density at radius 3 is 2.42 bits per heavy atom. The van der Waals surface area contributed by atoms with Crippen molar-refractivity contribution in [3.05, 3.63) is 35.9 Å². The van der Waals surface area contributed by atoms with Crippen LogP contribution in [0.15, 0.2) is 30.3 Å². The summed E-state index contributed by atoms with van der Waals surface area (Å²) in [7, 11) is 0. The van der Waals surface area contributed by atoms with Crippen LogP contribution in [0, 0.1) is 5.41 Å². The largest absolute Gasteiger partial charge is 0.445 e. The summed E-state index contributed by atoms with van der Waals surface area (Å²) in [6, 6.07) is 8.18. The summed E-state index contributed by atoms with van der Waals surface area (Å²) in [4.78, 5) is 57.4. The summed E-state index contributed by atoms with van der Waals surface area (Å²) in [6.45, 7) is -0.270. The van der Waals surface area contributed by atoms with Gasteiger partial charge in [-0.25, -0.2) is 14.6 Å². The lowest BCUT2D eigenvalue weighted by atomic mass is 10.0. The Balaban J connectivity index is 1.67. The van der Waals surface area contributed by atoms with E-state index >= 15 is 0 Å². The molecule has 0 radical (unpaired) electrons. The Morgan fingerprint density at radius 2 is 1.79 bits per heavy atom. The van der Waals surface area contributed by atoms with Crippen LogP contribution in [0.5, 0.6) is 0 Å². The van der Waals surface area contributed by atoms with Gasteiger partial charge in [0.25, 0.3) is 0 Å². The SMILES string of the molecule is N=C(N)NCCC[C@H](NC(=O)CNC(=O)CNC(=O)OCc1ccccc1)C(=O)C1COO1. The van der Waals surface area contributed by atoms with Crippen LogP contribution in [0.4, 0.5) is 4.79 Å². The number of carbonyl (C=O) groups excluding carboxylic acids is 4. The Morgan fingerprint density at radius 1 is 1.09 bits per heavy atom. The van der Waals surface area contributed by atoms with Crippen molar-refractivity contribution >= 4 is 29.7 Å². The van der Waals surface area contributed by atoms with Crippen LogP contribution < -0.4 is 27.0 Å². The molecule has 0 bridgehead atoms. The number of guanidine groups is 1. The van der Waals surface area contributed by atoms with Crippen LogP contribution in [-0.2, 0) is 35.5 Å². The summed E-state index contributed by atoms with van der Waals surface area (Å²) in [5, 5.41) is 16.9. The highest BCUT2D eigenvalue weighted by Crippen LogP contribution is 2.12. The number of ether oxygens (including phenoxy) is 1. The van der Waals surface area contributed by atoms with Crippen LogP contribution in [0.1, 0.15) is 18.4 Å².